The highest BCUT2D eigenvalue weighted by atomic mass is 79.9. The number of hydrogen-bond donors (Lipinski definition) is 2. The lowest BCUT2D eigenvalue weighted by molar-refractivity contribution is 0.0511. The first kappa shape index (κ1) is 28.5. The van der Waals surface area contributed by atoms with Crippen LogP contribution in [-0.2, 0) is 9.47 Å². The van der Waals surface area contributed by atoms with E-state index in [0.717, 1.165) is 21.8 Å². The van der Waals surface area contributed by atoms with Crippen molar-refractivity contribution in [1.29, 1.82) is 0 Å². The van der Waals surface area contributed by atoms with Crippen LogP contribution in [0.5, 0.6) is 0 Å². The first-order valence-electron chi connectivity index (χ1n) is 12.2. The van der Waals surface area contributed by atoms with Crippen LogP contribution in [0, 0.1) is 0 Å². The van der Waals surface area contributed by atoms with Crippen LogP contribution in [0.15, 0.2) is 57.5 Å². The van der Waals surface area contributed by atoms with Crippen LogP contribution in [0.1, 0.15) is 77.3 Å². The molecule has 0 spiro atoms. The number of amides is 2. The van der Waals surface area contributed by atoms with Crippen LogP contribution in [0.2, 0.25) is 0 Å². The van der Waals surface area contributed by atoms with Gasteiger partial charge >= 0.3 is 12.2 Å². The number of nitrogens with one attached hydrogen (secondary N) is 2. The second kappa shape index (κ2) is 11.5. The van der Waals surface area contributed by atoms with Crippen molar-refractivity contribution in [2.45, 2.75) is 89.5 Å². The first-order valence-corrected chi connectivity index (χ1v) is 13.8. The average Bonchev–Trinajstić information content (AvgIpc) is 3.62. The molecule has 2 saturated carbocycles. The van der Waals surface area contributed by atoms with Gasteiger partial charge in [0.25, 0.3) is 0 Å². The van der Waals surface area contributed by atoms with Gasteiger partial charge in [-0.1, -0.05) is 56.1 Å². The number of carbonyl (C=O) groups excluding carboxylic acids is 2. The zero-order valence-electron chi connectivity index (χ0n) is 21.7. The zero-order valence-corrected chi connectivity index (χ0v) is 24.9. The molecule has 0 aromatic heterocycles. The molecule has 0 saturated heterocycles. The van der Waals surface area contributed by atoms with E-state index in [4.69, 9.17) is 9.47 Å². The minimum absolute atomic E-state index is 0.203. The Bertz CT molecular complexity index is 992. The van der Waals surface area contributed by atoms with Crippen LogP contribution in [0.3, 0.4) is 0 Å². The van der Waals surface area contributed by atoms with Crippen LogP contribution >= 0.6 is 31.9 Å². The molecule has 2 aliphatic carbocycles. The molecule has 0 radical (unpaired) electrons. The molecule has 0 bridgehead atoms. The Morgan fingerprint density at radius 3 is 1.39 bits per heavy atom. The van der Waals surface area contributed by atoms with E-state index < -0.39 is 11.2 Å². The summed E-state index contributed by atoms with van der Waals surface area (Å²) in [6.45, 7) is 11.2. The summed E-state index contributed by atoms with van der Waals surface area (Å²) in [6, 6.07) is 16.8. The third-order valence-electron chi connectivity index (χ3n) is 5.54. The monoisotopic (exact) mass is 622 g/mol. The fraction of sp³-hybridized carbons (Fsp3) is 0.500. The Kier molecular flexibility index (Phi) is 9.15. The summed E-state index contributed by atoms with van der Waals surface area (Å²) < 4.78 is 12.6. The van der Waals surface area contributed by atoms with E-state index in [1.54, 1.807) is 0 Å². The number of ether oxygens (including phenoxy) is 2. The van der Waals surface area contributed by atoms with Gasteiger partial charge in [0.2, 0.25) is 0 Å². The van der Waals surface area contributed by atoms with E-state index in [2.05, 4.69) is 66.8 Å². The maximum atomic E-state index is 11.6. The van der Waals surface area contributed by atoms with Gasteiger partial charge in [-0.25, -0.2) is 9.59 Å². The van der Waals surface area contributed by atoms with E-state index in [1.807, 2.05) is 65.8 Å². The molecule has 4 rings (SSSR count). The molecule has 0 aliphatic heterocycles. The SMILES string of the molecule is CC(C)(C)OC(=O)N[C@@H]1C[C@H]1c1cccc(Br)c1.CC(C)(C)OC(=O)N[C@H]1C[C@@H]1c1cccc(Br)c1. The lowest BCUT2D eigenvalue weighted by atomic mass is 10.1. The number of benzene rings is 2. The van der Waals surface area contributed by atoms with E-state index in [9.17, 15) is 9.59 Å². The van der Waals surface area contributed by atoms with Gasteiger partial charge in [-0.3, -0.25) is 0 Å². The van der Waals surface area contributed by atoms with Crippen molar-refractivity contribution in [3.63, 3.8) is 0 Å². The van der Waals surface area contributed by atoms with Crippen molar-refractivity contribution in [3.8, 4) is 0 Å². The summed E-state index contributed by atoms with van der Waals surface area (Å²) >= 11 is 6.91. The molecule has 2 aliphatic rings. The Labute approximate surface area is 231 Å². The Balaban J connectivity index is 0.000000201. The summed E-state index contributed by atoms with van der Waals surface area (Å²) in [6.07, 6.45) is 1.31. The normalized spacial score (nSPS) is 22.4. The molecule has 2 fully saturated rings. The number of halogens is 2. The van der Waals surface area contributed by atoms with Crippen molar-refractivity contribution >= 4 is 44.0 Å². The molecular formula is C28H36Br2N2O4. The van der Waals surface area contributed by atoms with Crippen LogP contribution in [-0.4, -0.2) is 35.5 Å². The molecule has 0 heterocycles. The van der Waals surface area contributed by atoms with Crippen molar-refractivity contribution in [2.75, 3.05) is 0 Å². The van der Waals surface area contributed by atoms with Crippen LogP contribution in [0.25, 0.3) is 0 Å². The molecule has 0 unspecified atom stereocenters. The highest BCUT2D eigenvalue weighted by Crippen LogP contribution is 2.42. The summed E-state index contributed by atoms with van der Waals surface area (Å²) in [5.41, 5.74) is 1.63. The lowest BCUT2D eigenvalue weighted by Gasteiger charge is -2.19. The van der Waals surface area contributed by atoms with Crippen molar-refractivity contribution < 1.29 is 19.1 Å². The second-order valence-electron chi connectivity index (χ2n) is 11.3. The van der Waals surface area contributed by atoms with Gasteiger partial charge in [-0.2, -0.15) is 0 Å². The predicted octanol–water partition coefficient (Wildman–Crippen LogP) is 7.66. The van der Waals surface area contributed by atoms with Crippen LogP contribution in [0.4, 0.5) is 9.59 Å². The molecule has 8 heteroatoms. The Morgan fingerprint density at radius 2 is 1.08 bits per heavy atom. The molecule has 2 amide bonds. The molecular weight excluding hydrogens is 588 g/mol. The Hall–Kier alpha value is -2.06. The molecule has 4 atom stereocenters. The maximum Gasteiger partial charge on any atom is 0.407 e. The van der Waals surface area contributed by atoms with Gasteiger partial charge < -0.3 is 20.1 Å². The summed E-state index contributed by atoms with van der Waals surface area (Å²) in [5.74, 6) is 0.824. The third-order valence-corrected chi connectivity index (χ3v) is 6.53. The van der Waals surface area contributed by atoms with Gasteiger partial charge in [-0.15, -0.1) is 0 Å². The molecule has 2 aromatic carbocycles. The van der Waals surface area contributed by atoms with Crippen molar-refractivity contribution in [1.82, 2.24) is 10.6 Å². The van der Waals surface area contributed by atoms with Crippen LogP contribution < -0.4 is 10.6 Å². The zero-order chi connectivity index (χ0) is 26.7. The molecule has 196 valence electrons. The summed E-state index contributed by atoms with van der Waals surface area (Å²) in [7, 11) is 0. The standard InChI is InChI=1S/2C14H18BrNO2/c2*1-14(2,3)18-13(17)16-12-8-11(12)9-5-4-6-10(15)7-9/h2*4-7,11-12H,8H2,1-3H3,(H,16,17)/t2*11-,12+/m10/s1. The number of hydrogen-bond acceptors (Lipinski definition) is 4. The van der Waals surface area contributed by atoms with Gasteiger partial charge in [0.05, 0.1) is 0 Å². The maximum absolute atomic E-state index is 11.6. The van der Waals surface area contributed by atoms with Gasteiger partial charge in [0.1, 0.15) is 11.2 Å². The average molecular weight is 624 g/mol. The topological polar surface area (TPSA) is 76.7 Å². The minimum Gasteiger partial charge on any atom is -0.444 e. The van der Waals surface area contributed by atoms with E-state index in [-0.39, 0.29) is 24.3 Å². The Morgan fingerprint density at radius 1 is 0.722 bits per heavy atom. The van der Waals surface area contributed by atoms with Crippen molar-refractivity contribution in [3.05, 3.63) is 68.6 Å². The third kappa shape index (κ3) is 9.77. The molecule has 36 heavy (non-hydrogen) atoms. The number of alkyl carbamates (subject to hydrolysis) is 2. The van der Waals surface area contributed by atoms with E-state index >= 15 is 0 Å². The summed E-state index contributed by atoms with van der Waals surface area (Å²) in [4.78, 5) is 23.2. The van der Waals surface area contributed by atoms with Gasteiger partial charge in [-0.05, 0) is 89.8 Å². The van der Waals surface area contributed by atoms with Gasteiger partial charge in [0.15, 0.2) is 0 Å². The lowest BCUT2D eigenvalue weighted by Crippen LogP contribution is -2.34. The number of carbonyl (C=O) groups is 2. The fourth-order valence-corrected chi connectivity index (χ4v) is 4.67. The smallest absolute Gasteiger partial charge is 0.407 e. The van der Waals surface area contributed by atoms with E-state index in [0.29, 0.717) is 11.8 Å². The van der Waals surface area contributed by atoms with Crippen molar-refractivity contribution in [2.24, 2.45) is 0 Å². The first-order chi connectivity index (χ1) is 16.7. The molecule has 2 N–H and O–H groups in total. The highest BCUT2D eigenvalue weighted by Gasteiger charge is 2.41. The molecule has 6 nitrogen and oxygen atoms in total. The fourth-order valence-electron chi connectivity index (χ4n) is 3.84. The largest absolute Gasteiger partial charge is 0.444 e. The predicted molar refractivity (Wildman–Crippen MR) is 149 cm³/mol. The van der Waals surface area contributed by atoms with Gasteiger partial charge in [0, 0.05) is 32.9 Å². The molecule has 2 aromatic rings. The summed E-state index contributed by atoms with van der Waals surface area (Å²) in [5, 5.41) is 5.80. The highest BCUT2D eigenvalue weighted by molar-refractivity contribution is 9.10. The number of rotatable bonds is 4. The quantitative estimate of drug-likeness (QED) is 0.367. The van der Waals surface area contributed by atoms with E-state index in [1.165, 1.54) is 11.1 Å². The second-order valence-corrected chi connectivity index (χ2v) is 13.1. The minimum atomic E-state index is -0.440.